The smallest absolute Gasteiger partial charge is 0.267 e. The van der Waals surface area contributed by atoms with Crippen LogP contribution in [0.2, 0.25) is 5.02 Å². The van der Waals surface area contributed by atoms with Gasteiger partial charge in [-0.15, -0.1) is 0 Å². The number of H-pyrrole nitrogens is 1. The summed E-state index contributed by atoms with van der Waals surface area (Å²) < 4.78 is 42.1. The molecule has 1 N–H and O–H groups in total. The van der Waals surface area contributed by atoms with E-state index < -0.39 is 23.3 Å². The van der Waals surface area contributed by atoms with E-state index in [4.69, 9.17) is 11.6 Å². The maximum Gasteiger partial charge on any atom is 0.416 e. The van der Waals surface area contributed by atoms with E-state index in [0.29, 0.717) is 5.02 Å². The van der Waals surface area contributed by atoms with Crippen molar-refractivity contribution in [2.24, 2.45) is 4.99 Å². The van der Waals surface area contributed by atoms with Crippen molar-refractivity contribution in [2.75, 3.05) is 0 Å². The van der Waals surface area contributed by atoms with E-state index in [1.807, 2.05) is 0 Å². The van der Waals surface area contributed by atoms with Crippen molar-refractivity contribution in [2.45, 2.75) is 12.7 Å². The maximum atomic E-state index is 12.8. The van der Waals surface area contributed by atoms with Crippen LogP contribution in [0, 0.1) is 0 Å². The van der Waals surface area contributed by atoms with Gasteiger partial charge in [0.1, 0.15) is 0 Å². The molecule has 140 valence electrons. The van der Waals surface area contributed by atoms with E-state index in [2.05, 4.69) is 9.37 Å². The Balaban J connectivity index is 1.95. The van der Waals surface area contributed by atoms with Crippen molar-refractivity contribution in [1.29, 1.82) is 0 Å². The number of rotatable bonds is 3. The summed E-state index contributed by atoms with van der Waals surface area (Å²) in [6.45, 7) is -0.157. The van der Waals surface area contributed by atoms with Crippen molar-refractivity contribution in [3.63, 3.8) is 0 Å². The Labute approximate surface area is 159 Å². The topological polar surface area (TPSA) is 67.2 Å². The Morgan fingerprint density at radius 2 is 1.89 bits per heavy atom. The van der Waals surface area contributed by atoms with E-state index in [1.165, 1.54) is 36.4 Å². The number of halogens is 4. The Morgan fingerprint density at radius 1 is 1.19 bits per heavy atom. The standard InChI is InChI=1S/C17H11ClF3N3O2S/c18-13-6-4-11(5-7-13)14(25)22-16-24(15(26)23-27-16)9-10-2-1-3-12(8-10)17(19,20)21/h1-8H,9H2,(H,23,26). The molecule has 5 nitrogen and oxygen atoms in total. The third-order valence-corrected chi connectivity index (χ3v) is 4.61. The summed E-state index contributed by atoms with van der Waals surface area (Å²) in [4.78, 5) is 28.2. The van der Waals surface area contributed by atoms with Crippen LogP contribution in [0.25, 0.3) is 0 Å². The van der Waals surface area contributed by atoms with Gasteiger partial charge in [-0.1, -0.05) is 23.7 Å². The Kier molecular flexibility index (Phi) is 5.33. The van der Waals surface area contributed by atoms with Crippen LogP contribution in [0.1, 0.15) is 21.5 Å². The fourth-order valence-corrected chi connectivity index (χ4v) is 3.08. The third kappa shape index (κ3) is 4.55. The Morgan fingerprint density at radius 3 is 2.56 bits per heavy atom. The predicted molar refractivity (Wildman–Crippen MR) is 94.8 cm³/mol. The SMILES string of the molecule is O=C(N=c1s[nH]c(=O)n1Cc1cccc(C(F)(F)F)c1)c1ccc(Cl)cc1. The molecule has 0 saturated carbocycles. The quantitative estimate of drug-likeness (QED) is 0.711. The molecule has 1 amide bonds. The van der Waals surface area contributed by atoms with Crippen LogP contribution in [0.4, 0.5) is 13.2 Å². The Hall–Kier alpha value is -2.65. The third-order valence-electron chi connectivity index (χ3n) is 3.59. The highest BCUT2D eigenvalue weighted by Gasteiger charge is 2.30. The number of carbonyl (C=O) groups is 1. The molecule has 0 atom stereocenters. The molecule has 1 heterocycles. The van der Waals surface area contributed by atoms with Crippen LogP contribution in [-0.2, 0) is 12.7 Å². The summed E-state index contributed by atoms with van der Waals surface area (Å²) >= 11 is 6.59. The van der Waals surface area contributed by atoms with Crippen molar-refractivity contribution in [3.05, 3.63) is 85.5 Å². The molecule has 0 aliphatic rings. The number of benzene rings is 2. The van der Waals surface area contributed by atoms with Crippen molar-refractivity contribution < 1.29 is 18.0 Å². The first kappa shape index (κ1) is 19.1. The number of amides is 1. The summed E-state index contributed by atoms with van der Waals surface area (Å²) in [7, 11) is 0. The molecule has 3 rings (SSSR count). The van der Waals surface area contributed by atoms with Gasteiger partial charge >= 0.3 is 11.9 Å². The number of nitrogens with zero attached hydrogens (tertiary/aromatic N) is 2. The number of nitrogens with one attached hydrogen (secondary N) is 1. The minimum absolute atomic E-state index is 0.0531. The van der Waals surface area contributed by atoms with E-state index in [1.54, 1.807) is 0 Å². The first-order valence-corrected chi connectivity index (χ1v) is 8.72. The molecule has 0 saturated heterocycles. The maximum absolute atomic E-state index is 12.8. The van der Waals surface area contributed by atoms with E-state index in [9.17, 15) is 22.8 Å². The van der Waals surface area contributed by atoms with Crippen molar-refractivity contribution >= 4 is 29.0 Å². The van der Waals surface area contributed by atoms with Gasteiger partial charge in [-0.2, -0.15) is 18.2 Å². The molecule has 0 fully saturated rings. The van der Waals surface area contributed by atoms with E-state index in [0.717, 1.165) is 28.2 Å². The highest BCUT2D eigenvalue weighted by Crippen LogP contribution is 2.29. The minimum Gasteiger partial charge on any atom is -0.267 e. The van der Waals surface area contributed by atoms with Gasteiger partial charge in [0.15, 0.2) is 0 Å². The van der Waals surface area contributed by atoms with E-state index >= 15 is 0 Å². The summed E-state index contributed by atoms with van der Waals surface area (Å²) in [6, 6.07) is 10.7. The summed E-state index contributed by atoms with van der Waals surface area (Å²) in [5.41, 5.74) is -0.858. The molecule has 1 aromatic heterocycles. The van der Waals surface area contributed by atoms with Crippen molar-refractivity contribution in [1.82, 2.24) is 8.94 Å². The van der Waals surface area contributed by atoms with Gasteiger partial charge in [-0.25, -0.2) is 4.79 Å². The molecule has 10 heteroatoms. The molecule has 0 spiro atoms. The molecule has 0 aliphatic carbocycles. The zero-order chi connectivity index (χ0) is 19.6. The number of aromatic amines is 1. The second kappa shape index (κ2) is 7.53. The molecule has 0 bridgehead atoms. The summed E-state index contributed by atoms with van der Waals surface area (Å²) in [5.74, 6) is -0.597. The Bertz CT molecular complexity index is 1100. The fraction of sp³-hybridized carbons (Fsp3) is 0.118. The summed E-state index contributed by atoms with van der Waals surface area (Å²) in [6.07, 6.45) is -4.49. The molecular formula is C17H11ClF3N3O2S. The number of hydrogen-bond acceptors (Lipinski definition) is 3. The number of alkyl halides is 3. The number of carbonyl (C=O) groups excluding carboxylic acids is 1. The highest BCUT2D eigenvalue weighted by atomic mass is 35.5. The highest BCUT2D eigenvalue weighted by molar-refractivity contribution is 7.02. The lowest BCUT2D eigenvalue weighted by Crippen LogP contribution is -2.28. The van der Waals surface area contributed by atoms with Crippen LogP contribution in [-0.4, -0.2) is 14.8 Å². The normalized spacial score (nSPS) is 12.4. The monoisotopic (exact) mass is 413 g/mol. The van der Waals surface area contributed by atoms with Gasteiger partial charge in [0.05, 0.1) is 12.1 Å². The van der Waals surface area contributed by atoms with Crippen molar-refractivity contribution in [3.8, 4) is 0 Å². The van der Waals surface area contributed by atoms with Gasteiger partial charge in [-0.3, -0.25) is 13.7 Å². The molecular weight excluding hydrogens is 403 g/mol. The summed E-state index contributed by atoms with van der Waals surface area (Å²) in [5, 5.41) is 0.456. The number of aromatic nitrogens is 2. The van der Waals surface area contributed by atoms with Crippen LogP contribution in [0.15, 0.2) is 58.3 Å². The largest absolute Gasteiger partial charge is 0.416 e. The lowest BCUT2D eigenvalue weighted by Gasteiger charge is -2.08. The van der Waals surface area contributed by atoms with Gasteiger partial charge < -0.3 is 0 Å². The minimum atomic E-state index is -4.49. The van der Waals surface area contributed by atoms with E-state index in [-0.39, 0.29) is 22.5 Å². The molecule has 2 aromatic carbocycles. The first-order valence-electron chi connectivity index (χ1n) is 7.53. The lowest BCUT2D eigenvalue weighted by molar-refractivity contribution is -0.137. The van der Waals surface area contributed by atoms with Gasteiger partial charge in [0.2, 0.25) is 4.80 Å². The van der Waals surface area contributed by atoms with Gasteiger partial charge in [0, 0.05) is 10.6 Å². The number of hydrogen-bond donors (Lipinski definition) is 1. The average molecular weight is 414 g/mol. The average Bonchev–Trinajstić information content (AvgIpc) is 2.95. The molecule has 0 aliphatic heterocycles. The zero-order valence-electron chi connectivity index (χ0n) is 13.5. The van der Waals surface area contributed by atoms with Crippen LogP contribution in [0.5, 0.6) is 0 Å². The second-order valence-electron chi connectivity index (χ2n) is 5.50. The van der Waals surface area contributed by atoms with Crippen LogP contribution in [0.3, 0.4) is 0 Å². The zero-order valence-corrected chi connectivity index (χ0v) is 15.0. The predicted octanol–water partition coefficient (Wildman–Crippen LogP) is 3.70. The fourth-order valence-electron chi connectivity index (χ4n) is 2.28. The van der Waals surface area contributed by atoms with Crippen LogP contribution >= 0.6 is 23.1 Å². The molecule has 27 heavy (non-hydrogen) atoms. The first-order chi connectivity index (χ1) is 12.7. The molecule has 0 unspecified atom stereocenters. The molecule has 0 radical (unpaired) electrons. The van der Waals surface area contributed by atoms with Gasteiger partial charge in [0.25, 0.3) is 5.91 Å². The second-order valence-corrected chi connectivity index (χ2v) is 6.71. The molecule has 3 aromatic rings. The van der Waals surface area contributed by atoms with Gasteiger partial charge in [-0.05, 0) is 53.5 Å². The lowest BCUT2D eigenvalue weighted by atomic mass is 10.1. The van der Waals surface area contributed by atoms with Crippen LogP contribution < -0.4 is 10.5 Å².